The van der Waals surface area contributed by atoms with Gasteiger partial charge in [-0.15, -0.1) is 0 Å². The minimum atomic E-state index is 0.118. The Morgan fingerprint density at radius 2 is 2.25 bits per heavy atom. The van der Waals surface area contributed by atoms with E-state index in [0.717, 1.165) is 33.1 Å². The average molecular weight is 459 g/mol. The second-order valence-electron chi connectivity index (χ2n) is 3.76. The van der Waals surface area contributed by atoms with Crippen molar-refractivity contribution in [3.8, 4) is 0 Å². The predicted molar refractivity (Wildman–Crippen MR) is 80.1 cm³/mol. The first kappa shape index (κ1) is 12.8. The van der Waals surface area contributed by atoms with E-state index in [1.807, 2.05) is 23.1 Å². The highest BCUT2D eigenvalue weighted by atomic mass is 127. The van der Waals surface area contributed by atoms with Crippen LogP contribution in [0.1, 0.15) is 16.8 Å². The summed E-state index contributed by atoms with van der Waals surface area (Å²) in [7, 11) is 0. The molecule has 2 nitrogen and oxygen atoms in total. The molecule has 1 atom stereocenters. The summed E-state index contributed by atoms with van der Waals surface area (Å²) in [5.74, 6) is 0.118. The molecule has 1 aliphatic rings. The Balaban J connectivity index is 2.23. The highest BCUT2D eigenvalue weighted by molar-refractivity contribution is 14.1. The Hall–Kier alpha value is 0.380. The van der Waals surface area contributed by atoms with Crippen molar-refractivity contribution < 1.29 is 4.79 Å². The van der Waals surface area contributed by atoms with E-state index < -0.39 is 0 Å². The fourth-order valence-corrected chi connectivity index (χ4v) is 3.20. The number of nitrogens with zero attached hydrogens (tertiary/aromatic N) is 1. The van der Waals surface area contributed by atoms with E-state index in [0.29, 0.717) is 4.83 Å². The molecule has 0 spiro atoms. The van der Waals surface area contributed by atoms with E-state index in [2.05, 4.69) is 54.5 Å². The summed E-state index contributed by atoms with van der Waals surface area (Å²) in [5.41, 5.74) is 0.758. The lowest BCUT2D eigenvalue weighted by molar-refractivity contribution is 0.0792. The molecule has 0 aromatic heterocycles. The van der Waals surface area contributed by atoms with Crippen molar-refractivity contribution in [3.05, 3.63) is 31.8 Å². The van der Waals surface area contributed by atoms with Crippen LogP contribution in [0.3, 0.4) is 0 Å². The van der Waals surface area contributed by atoms with Crippen LogP contribution in [0.15, 0.2) is 22.7 Å². The summed E-state index contributed by atoms with van der Waals surface area (Å²) in [6.07, 6.45) is 1.04. The van der Waals surface area contributed by atoms with Gasteiger partial charge in [-0.05, 0) is 63.1 Å². The van der Waals surface area contributed by atoms with Crippen LogP contribution >= 0.6 is 54.5 Å². The Labute approximate surface area is 125 Å². The van der Waals surface area contributed by atoms with E-state index in [1.54, 1.807) is 0 Å². The minimum Gasteiger partial charge on any atom is -0.337 e. The van der Waals surface area contributed by atoms with Crippen molar-refractivity contribution in [2.75, 3.05) is 13.1 Å². The fraction of sp³-hybridized carbons (Fsp3) is 0.364. The first-order chi connectivity index (χ1) is 7.58. The zero-order valence-electron chi connectivity index (χ0n) is 8.42. The number of carbonyl (C=O) groups excluding carboxylic acids is 1. The second-order valence-corrected chi connectivity index (χ2v) is 7.16. The lowest BCUT2D eigenvalue weighted by Gasteiger charge is -2.16. The molecule has 1 heterocycles. The largest absolute Gasteiger partial charge is 0.337 e. The van der Waals surface area contributed by atoms with E-state index in [4.69, 9.17) is 0 Å². The van der Waals surface area contributed by atoms with Crippen LogP contribution in [0.5, 0.6) is 0 Å². The number of rotatable bonds is 1. The van der Waals surface area contributed by atoms with Gasteiger partial charge in [0.15, 0.2) is 0 Å². The van der Waals surface area contributed by atoms with Crippen LogP contribution in [0.4, 0.5) is 0 Å². The maximum atomic E-state index is 12.2. The Morgan fingerprint density at radius 3 is 2.88 bits per heavy atom. The van der Waals surface area contributed by atoms with E-state index >= 15 is 0 Å². The number of alkyl halides is 1. The second kappa shape index (κ2) is 5.35. The monoisotopic (exact) mass is 457 g/mol. The third-order valence-corrected chi connectivity index (χ3v) is 4.69. The van der Waals surface area contributed by atoms with Crippen LogP contribution < -0.4 is 0 Å². The van der Waals surface area contributed by atoms with Crippen LogP contribution in [0.2, 0.25) is 0 Å². The molecule has 0 radical (unpaired) electrons. The zero-order chi connectivity index (χ0) is 11.7. The smallest absolute Gasteiger partial charge is 0.255 e. The summed E-state index contributed by atoms with van der Waals surface area (Å²) >= 11 is 9.20. The summed E-state index contributed by atoms with van der Waals surface area (Å²) in [6, 6.07) is 5.84. The SMILES string of the molecule is O=C(c1cc(I)ccc1Br)N1CCC(Br)C1. The Kier molecular flexibility index (Phi) is 4.29. The maximum Gasteiger partial charge on any atom is 0.255 e. The van der Waals surface area contributed by atoms with Crippen molar-refractivity contribution >= 4 is 60.4 Å². The van der Waals surface area contributed by atoms with Gasteiger partial charge in [-0.1, -0.05) is 15.9 Å². The van der Waals surface area contributed by atoms with Crippen molar-refractivity contribution in [1.82, 2.24) is 4.90 Å². The van der Waals surface area contributed by atoms with Gasteiger partial charge in [-0.25, -0.2) is 0 Å². The van der Waals surface area contributed by atoms with Crippen molar-refractivity contribution in [3.63, 3.8) is 0 Å². The highest BCUT2D eigenvalue weighted by Crippen LogP contribution is 2.24. The average Bonchev–Trinajstić information content (AvgIpc) is 2.67. The standard InChI is InChI=1S/C11H10Br2INO/c12-7-3-4-15(6-7)11(16)9-5-8(14)1-2-10(9)13/h1-2,5,7H,3-4,6H2. The fourth-order valence-electron chi connectivity index (χ4n) is 1.73. The maximum absolute atomic E-state index is 12.2. The lowest BCUT2D eigenvalue weighted by Crippen LogP contribution is -2.29. The topological polar surface area (TPSA) is 20.3 Å². The molecular formula is C11H10Br2INO. The van der Waals surface area contributed by atoms with Crippen LogP contribution in [-0.4, -0.2) is 28.7 Å². The third kappa shape index (κ3) is 2.79. The van der Waals surface area contributed by atoms with Crippen molar-refractivity contribution in [2.24, 2.45) is 0 Å². The highest BCUT2D eigenvalue weighted by Gasteiger charge is 2.26. The molecule has 5 heteroatoms. The van der Waals surface area contributed by atoms with Crippen LogP contribution in [-0.2, 0) is 0 Å². The molecule has 0 aliphatic carbocycles. The number of benzene rings is 1. The summed E-state index contributed by atoms with van der Waals surface area (Å²) < 4.78 is 1.95. The number of likely N-dealkylation sites (tertiary alicyclic amines) is 1. The number of hydrogen-bond donors (Lipinski definition) is 0. The molecule has 1 saturated heterocycles. The number of amides is 1. The number of hydrogen-bond acceptors (Lipinski definition) is 1. The van der Waals surface area contributed by atoms with Crippen LogP contribution in [0, 0.1) is 3.57 Å². The zero-order valence-corrected chi connectivity index (χ0v) is 13.7. The summed E-state index contributed by atoms with van der Waals surface area (Å²) in [4.78, 5) is 14.6. The lowest BCUT2D eigenvalue weighted by atomic mass is 10.2. The molecule has 1 amide bonds. The summed E-state index contributed by atoms with van der Waals surface area (Å²) in [6.45, 7) is 1.64. The van der Waals surface area contributed by atoms with Gasteiger partial charge in [0, 0.05) is 26.0 Å². The van der Waals surface area contributed by atoms with Gasteiger partial charge < -0.3 is 4.90 Å². The third-order valence-electron chi connectivity index (χ3n) is 2.58. The van der Waals surface area contributed by atoms with E-state index in [9.17, 15) is 4.79 Å². The molecule has 0 saturated carbocycles. The molecule has 1 unspecified atom stereocenters. The van der Waals surface area contributed by atoms with Gasteiger partial charge in [0.1, 0.15) is 0 Å². The first-order valence-corrected chi connectivity index (χ1v) is 7.75. The molecule has 1 aromatic carbocycles. The molecule has 16 heavy (non-hydrogen) atoms. The number of halogens is 3. The Bertz CT molecular complexity index is 424. The van der Waals surface area contributed by atoms with Gasteiger partial charge in [0.2, 0.25) is 0 Å². The molecule has 1 aromatic rings. The summed E-state index contributed by atoms with van der Waals surface area (Å²) in [5, 5.41) is 0. The molecule has 1 fully saturated rings. The van der Waals surface area contributed by atoms with Gasteiger partial charge in [0.25, 0.3) is 5.91 Å². The molecule has 0 bridgehead atoms. The molecule has 86 valence electrons. The number of carbonyl (C=O) groups is 1. The quantitative estimate of drug-likeness (QED) is 0.464. The van der Waals surface area contributed by atoms with Gasteiger partial charge in [-0.2, -0.15) is 0 Å². The van der Waals surface area contributed by atoms with E-state index in [-0.39, 0.29) is 5.91 Å². The van der Waals surface area contributed by atoms with Crippen molar-refractivity contribution in [2.45, 2.75) is 11.2 Å². The first-order valence-electron chi connectivity index (χ1n) is 4.96. The predicted octanol–water partition coefficient (Wildman–Crippen LogP) is 3.66. The molecular weight excluding hydrogens is 449 g/mol. The molecule has 2 rings (SSSR count). The van der Waals surface area contributed by atoms with Crippen LogP contribution in [0.25, 0.3) is 0 Å². The normalized spacial score (nSPS) is 20.2. The van der Waals surface area contributed by atoms with Gasteiger partial charge in [0.05, 0.1) is 5.56 Å². The van der Waals surface area contributed by atoms with Gasteiger partial charge in [-0.3, -0.25) is 4.79 Å². The van der Waals surface area contributed by atoms with E-state index in [1.165, 1.54) is 0 Å². The Morgan fingerprint density at radius 1 is 1.50 bits per heavy atom. The molecule has 1 aliphatic heterocycles. The van der Waals surface area contributed by atoms with Crippen molar-refractivity contribution in [1.29, 1.82) is 0 Å². The minimum absolute atomic E-state index is 0.118. The van der Waals surface area contributed by atoms with Gasteiger partial charge >= 0.3 is 0 Å². The molecule has 0 N–H and O–H groups in total.